The quantitative estimate of drug-likeness (QED) is 0.844. The lowest BCUT2D eigenvalue weighted by Gasteiger charge is -2.33. The molecule has 2 atom stereocenters. The highest BCUT2D eigenvalue weighted by Gasteiger charge is 2.30. The lowest BCUT2D eigenvalue weighted by atomic mass is 9.88. The van der Waals surface area contributed by atoms with Crippen molar-refractivity contribution < 1.29 is 4.39 Å². The average molecular weight is 338 g/mol. The summed E-state index contributed by atoms with van der Waals surface area (Å²) < 4.78 is 13.6. The van der Waals surface area contributed by atoms with E-state index in [0.29, 0.717) is 17.9 Å². The van der Waals surface area contributed by atoms with E-state index in [-0.39, 0.29) is 5.82 Å². The van der Waals surface area contributed by atoms with Crippen LogP contribution >= 0.6 is 0 Å². The summed E-state index contributed by atoms with van der Waals surface area (Å²) in [5.74, 6) is 1.00. The third kappa shape index (κ3) is 3.57. The second kappa shape index (κ2) is 7.17. The van der Waals surface area contributed by atoms with Gasteiger partial charge < -0.3 is 10.2 Å². The van der Waals surface area contributed by atoms with E-state index < -0.39 is 0 Å². The van der Waals surface area contributed by atoms with Crippen molar-refractivity contribution in [3.63, 3.8) is 0 Å². The predicted molar refractivity (Wildman–Crippen MR) is 102 cm³/mol. The fourth-order valence-electron chi connectivity index (χ4n) is 4.53. The fraction of sp³-hybridized carbons (Fsp3) is 0.455. The van der Waals surface area contributed by atoms with Crippen LogP contribution in [-0.2, 0) is 0 Å². The van der Waals surface area contributed by atoms with Crippen LogP contribution < -0.4 is 5.32 Å². The third-order valence-electron chi connectivity index (χ3n) is 6.01. The SMILES string of the molecule is CC1Nc2ccc(F)cc2C1CCN1CCC(c2ccccc2)CC1. The van der Waals surface area contributed by atoms with Crippen LogP contribution in [0.1, 0.15) is 49.1 Å². The summed E-state index contributed by atoms with van der Waals surface area (Å²) in [5, 5.41) is 3.51. The maximum Gasteiger partial charge on any atom is 0.123 e. The van der Waals surface area contributed by atoms with Gasteiger partial charge in [-0.3, -0.25) is 0 Å². The predicted octanol–water partition coefficient (Wildman–Crippen LogP) is 4.99. The lowest BCUT2D eigenvalue weighted by molar-refractivity contribution is 0.204. The molecule has 0 aliphatic carbocycles. The van der Waals surface area contributed by atoms with Gasteiger partial charge in [-0.15, -0.1) is 0 Å². The monoisotopic (exact) mass is 338 g/mol. The molecule has 2 aromatic carbocycles. The Hall–Kier alpha value is -1.87. The van der Waals surface area contributed by atoms with Crippen molar-refractivity contribution in [3.05, 3.63) is 65.5 Å². The molecular formula is C22H27FN2. The molecule has 0 spiro atoms. The van der Waals surface area contributed by atoms with Crippen LogP contribution in [0, 0.1) is 5.82 Å². The first-order chi connectivity index (χ1) is 12.2. The molecule has 1 N–H and O–H groups in total. The van der Waals surface area contributed by atoms with Gasteiger partial charge in [-0.05, 0) is 81.1 Å². The van der Waals surface area contributed by atoms with Gasteiger partial charge in [0.2, 0.25) is 0 Å². The lowest BCUT2D eigenvalue weighted by Crippen LogP contribution is -2.35. The van der Waals surface area contributed by atoms with Crippen molar-refractivity contribution in [3.8, 4) is 0 Å². The van der Waals surface area contributed by atoms with Crippen LogP contribution in [0.2, 0.25) is 0 Å². The van der Waals surface area contributed by atoms with Crippen LogP contribution in [-0.4, -0.2) is 30.6 Å². The second-order valence-corrected chi connectivity index (χ2v) is 7.59. The molecule has 0 aromatic heterocycles. The molecule has 2 unspecified atom stereocenters. The Morgan fingerprint density at radius 1 is 1.08 bits per heavy atom. The standard InChI is InChI=1S/C22H27FN2/c1-16-20(21-15-19(23)7-8-22(21)24-16)11-14-25-12-9-18(10-13-25)17-5-3-2-4-6-17/h2-8,15-16,18,20,24H,9-14H2,1H3. The van der Waals surface area contributed by atoms with Crippen molar-refractivity contribution in [2.45, 2.75) is 44.1 Å². The fourth-order valence-corrected chi connectivity index (χ4v) is 4.53. The minimum Gasteiger partial charge on any atom is -0.382 e. The minimum atomic E-state index is -0.122. The van der Waals surface area contributed by atoms with Crippen LogP contribution in [0.4, 0.5) is 10.1 Å². The summed E-state index contributed by atoms with van der Waals surface area (Å²) in [6, 6.07) is 16.4. The van der Waals surface area contributed by atoms with Gasteiger partial charge >= 0.3 is 0 Å². The number of hydrogen-bond donors (Lipinski definition) is 1. The molecule has 2 aliphatic rings. The van der Waals surface area contributed by atoms with Crippen LogP contribution in [0.3, 0.4) is 0 Å². The first-order valence-corrected chi connectivity index (χ1v) is 9.54. The molecule has 4 rings (SSSR count). The number of halogens is 1. The molecule has 0 bridgehead atoms. The minimum absolute atomic E-state index is 0.122. The number of anilines is 1. The largest absolute Gasteiger partial charge is 0.382 e. The molecular weight excluding hydrogens is 311 g/mol. The molecule has 132 valence electrons. The van der Waals surface area contributed by atoms with Gasteiger partial charge in [0.25, 0.3) is 0 Å². The molecule has 2 heterocycles. The smallest absolute Gasteiger partial charge is 0.123 e. The number of nitrogens with zero attached hydrogens (tertiary/aromatic N) is 1. The van der Waals surface area contributed by atoms with E-state index in [1.165, 1.54) is 31.5 Å². The summed E-state index contributed by atoms with van der Waals surface area (Å²) in [6.07, 6.45) is 3.59. The molecule has 2 aromatic rings. The number of hydrogen-bond acceptors (Lipinski definition) is 2. The zero-order chi connectivity index (χ0) is 17.2. The Labute approximate surface area is 150 Å². The van der Waals surface area contributed by atoms with Crippen LogP contribution in [0.15, 0.2) is 48.5 Å². The number of fused-ring (bicyclic) bond motifs is 1. The number of nitrogens with one attached hydrogen (secondary N) is 1. The maximum atomic E-state index is 13.6. The molecule has 1 saturated heterocycles. The van der Waals surface area contributed by atoms with Crippen molar-refractivity contribution in [2.75, 3.05) is 25.0 Å². The van der Waals surface area contributed by atoms with E-state index in [2.05, 4.69) is 47.5 Å². The Morgan fingerprint density at radius 2 is 1.84 bits per heavy atom. The van der Waals surface area contributed by atoms with E-state index in [0.717, 1.165) is 24.2 Å². The molecule has 0 radical (unpaired) electrons. The van der Waals surface area contributed by atoms with Crippen molar-refractivity contribution >= 4 is 5.69 Å². The molecule has 0 saturated carbocycles. The zero-order valence-corrected chi connectivity index (χ0v) is 14.9. The van der Waals surface area contributed by atoms with Crippen molar-refractivity contribution in [2.24, 2.45) is 0 Å². The number of piperidine rings is 1. The van der Waals surface area contributed by atoms with Crippen molar-refractivity contribution in [1.82, 2.24) is 4.90 Å². The maximum absolute atomic E-state index is 13.6. The van der Waals surface area contributed by atoms with Gasteiger partial charge in [-0.1, -0.05) is 30.3 Å². The Bertz CT molecular complexity index is 707. The molecule has 3 heteroatoms. The van der Waals surface area contributed by atoms with Gasteiger partial charge in [0, 0.05) is 17.6 Å². The number of benzene rings is 2. The zero-order valence-electron chi connectivity index (χ0n) is 14.9. The topological polar surface area (TPSA) is 15.3 Å². The summed E-state index contributed by atoms with van der Waals surface area (Å²) in [4.78, 5) is 2.59. The van der Waals surface area contributed by atoms with Gasteiger partial charge in [0.1, 0.15) is 5.82 Å². The third-order valence-corrected chi connectivity index (χ3v) is 6.01. The Kier molecular flexibility index (Phi) is 4.76. The van der Waals surface area contributed by atoms with Crippen molar-refractivity contribution in [1.29, 1.82) is 0 Å². The van der Waals surface area contributed by atoms with E-state index in [1.807, 2.05) is 6.07 Å². The van der Waals surface area contributed by atoms with Gasteiger partial charge in [-0.25, -0.2) is 4.39 Å². The normalized spacial score (nSPS) is 24.1. The molecule has 2 nitrogen and oxygen atoms in total. The number of rotatable bonds is 4. The molecule has 25 heavy (non-hydrogen) atoms. The van der Waals surface area contributed by atoms with Gasteiger partial charge in [0.15, 0.2) is 0 Å². The summed E-state index contributed by atoms with van der Waals surface area (Å²) >= 11 is 0. The first-order valence-electron chi connectivity index (χ1n) is 9.54. The highest BCUT2D eigenvalue weighted by Crippen LogP contribution is 2.38. The van der Waals surface area contributed by atoms with E-state index in [4.69, 9.17) is 0 Å². The van der Waals surface area contributed by atoms with Crippen LogP contribution in [0.5, 0.6) is 0 Å². The molecule has 2 aliphatic heterocycles. The van der Waals surface area contributed by atoms with Crippen LogP contribution in [0.25, 0.3) is 0 Å². The Balaban J connectivity index is 1.32. The summed E-state index contributed by atoms with van der Waals surface area (Å²) in [5.41, 5.74) is 3.76. The molecule has 1 fully saturated rings. The average Bonchev–Trinajstić information content (AvgIpc) is 2.96. The number of likely N-dealkylation sites (tertiary alicyclic amines) is 1. The van der Waals surface area contributed by atoms with Gasteiger partial charge in [0.05, 0.1) is 0 Å². The molecule has 0 amide bonds. The highest BCUT2D eigenvalue weighted by molar-refractivity contribution is 5.59. The summed E-state index contributed by atoms with van der Waals surface area (Å²) in [6.45, 7) is 5.66. The van der Waals surface area contributed by atoms with Gasteiger partial charge in [-0.2, -0.15) is 0 Å². The first kappa shape index (κ1) is 16.6. The highest BCUT2D eigenvalue weighted by atomic mass is 19.1. The second-order valence-electron chi connectivity index (χ2n) is 7.59. The van der Waals surface area contributed by atoms with E-state index in [1.54, 1.807) is 12.1 Å². The van der Waals surface area contributed by atoms with E-state index >= 15 is 0 Å². The summed E-state index contributed by atoms with van der Waals surface area (Å²) in [7, 11) is 0. The Morgan fingerprint density at radius 3 is 2.60 bits per heavy atom. The van der Waals surface area contributed by atoms with E-state index in [9.17, 15) is 4.39 Å².